The molecule has 0 unspecified atom stereocenters. The minimum absolute atomic E-state index is 0.116. The number of ether oxygens (including phenoxy) is 1. The summed E-state index contributed by atoms with van der Waals surface area (Å²) in [6.45, 7) is 1.88. The minimum atomic E-state index is -0.321. The van der Waals surface area contributed by atoms with E-state index in [1.165, 1.54) is 0 Å². The highest BCUT2D eigenvalue weighted by Gasteiger charge is 2.07. The van der Waals surface area contributed by atoms with Crippen molar-refractivity contribution in [1.82, 2.24) is 5.43 Å². The molecule has 0 saturated carbocycles. The van der Waals surface area contributed by atoms with E-state index >= 15 is 0 Å². The van der Waals surface area contributed by atoms with E-state index in [1.54, 1.807) is 6.21 Å². The van der Waals surface area contributed by atoms with Gasteiger partial charge >= 0.3 is 0 Å². The van der Waals surface area contributed by atoms with Crippen LogP contribution in [0.25, 0.3) is 21.5 Å². The van der Waals surface area contributed by atoms with Crippen LogP contribution in [0.15, 0.2) is 82.4 Å². The van der Waals surface area contributed by atoms with Crippen LogP contribution >= 0.6 is 15.9 Å². The lowest BCUT2D eigenvalue weighted by Gasteiger charge is -2.09. The highest BCUT2D eigenvalue weighted by Crippen LogP contribution is 2.27. The second-order valence-electron chi connectivity index (χ2n) is 6.75. The predicted molar refractivity (Wildman–Crippen MR) is 122 cm³/mol. The molecule has 4 aromatic rings. The summed E-state index contributed by atoms with van der Waals surface area (Å²) in [5, 5.41) is 8.61. The number of hydrazone groups is 1. The number of aryl methyl sites for hydroxylation is 1. The first kappa shape index (κ1) is 19.2. The molecule has 0 fully saturated rings. The fourth-order valence-corrected chi connectivity index (χ4v) is 3.86. The number of hydrogen-bond donors (Lipinski definition) is 1. The number of nitrogens with one attached hydrogen (secondary N) is 1. The lowest BCUT2D eigenvalue weighted by molar-refractivity contribution is -0.123. The van der Waals surface area contributed by atoms with Crippen LogP contribution in [0.5, 0.6) is 5.75 Å². The first-order valence-corrected chi connectivity index (χ1v) is 10.0. The third-order valence-electron chi connectivity index (χ3n) is 4.64. The second kappa shape index (κ2) is 8.45. The van der Waals surface area contributed by atoms with Crippen molar-refractivity contribution in [3.8, 4) is 5.75 Å². The van der Waals surface area contributed by atoms with Crippen LogP contribution in [0.3, 0.4) is 0 Å². The van der Waals surface area contributed by atoms with Gasteiger partial charge in [-0.2, -0.15) is 5.10 Å². The largest absolute Gasteiger partial charge is 0.483 e. The first-order chi connectivity index (χ1) is 14.1. The average Bonchev–Trinajstić information content (AvgIpc) is 2.72. The number of halogens is 1. The molecule has 29 heavy (non-hydrogen) atoms. The molecule has 0 bridgehead atoms. The second-order valence-corrected chi connectivity index (χ2v) is 7.60. The molecule has 0 aliphatic rings. The van der Waals surface area contributed by atoms with E-state index < -0.39 is 0 Å². The maximum Gasteiger partial charge on any atom is 0.277 e. The zero-order valence-corrected chi connectivity index (χ0v) is 17.4. The van der Waals surface area contributed by atoms with Crippen LogP contribution in [0.2, 0.25) is 0 Å². The molecule has 1 amide bonds. The number of carbonyl (C=O) groups excluding carboxylic acids is 1. The predicted octanol–water partition coefficient (Wildman–Crippen LogP) is 5.59. The van der Waals surface area contributed by atoms with Crippen molar-refractivity contribution >= 4 is 49.6 Å². The molecular formula is C24H19BrN2O2. The molecule has 0 radical (unpaired) electrons. The summed E-state index contributed by atoms with van der Waals surface area (Å²) in [7, 11) is 0. The maximum atomic E-state index is 12.1. The molecule has 4 rings (SSSR count). The lowest BCUT2D eigenvalue weighted by atomic mass is 9.97. The van der Waals surface area contributed by atoms with Gasteiger partial charge in [-0.25, -0.2) is 5.43 Å². The molecule has 0 atom stereocenters. The van der Waals surface area contributed by atoms with Gasteiger partial charge in [0.05, 0.1) is 10.7 Å². The summed E-state index contributed by atoms with van der Waals surface area (Å²) in [5.74, 6) is 0.299. The van der Waals surface area contributed by atoms with E-state index in [0.29, 0.717) is 5.75 Å². The van der Waals surface area contributed by atoms with Gasteiger partial charge in [-0.1, -0.05) is 54.6 Å². The van der Waals surface area contributed by atoms with Crippen LogP contribution < -0.4 is 10.2 Å². The molecule has 4 nitrogen and oxygen atoms in total. The maximum absolute atomic E-state index is 12.1. The van der Waals surface area contributed by atoms with E-state index in [1.807, 2.05) is 49.4 Å². The van der Waals surface area contributed by atoms with E-state index in [4.69, 9.17) is 4.74 Å². The van der Waals surface area contributed by atoms with Gasteiger partial charge < -0.3 is 4.74 Å². The summed E-state index contributed by atoms with van der Waals surface area (Å²) in [4.78, 5) is 12.1. The Kier molecular flexibility index (Phi) is 5.58. The number of hydrogen-bond acceptors (Lipinski definition) is 3. The molecule has 0 heterocycles. The van der Waals surface area contributed by atoms with Gasteiger partial charge in [-0.3, -0.25) is 4.79 Å². The number of rotatable bonds is 5. The Morgan fingerprint density at radius 2 is 1.66 bits per heavy atom. The van der Waals surface area contributed by atoms with Gasteiger partial charge in [0.2, 0.25) is 0 Å². The summed E-state index contributed by atoms with van der Waals surface area (Å²) < 4.78 is 6.38. The molecule has 144 valence electrons. The van der Waals surface area contributed by atoms with Gasteiger partial charge in [-0.05, 0) is 68.2 Å². The van der Waals surface area contributed by atoms with Gasteiger partial charge in [0.25, 0.3) is 5.91 Å². The van der Waals surface area contributed by atoms with Crippen LogP contribution in [-0.2, 0) is 4.79 Å². The van der Waals surface area contributed by atoms with Crippen molar-refractivity contribution in [3.05, 3.63) is 88.4 Å². The van der Waals surface area contributed by atoms with E-state index in [0.717, 1.165) is 37.1 Å². The van der Waals surface area contributed by atoms with E-state index in [9.17, 15) is 4.79 Å². The minimum Gasteiger partial charge on any atom is -0.483 e. The Labute approximate surface area is 177 Å². The Balaban J connectivity index is 1.51. The average molecular weight is 447 g/mol. The number of fused-ring (bicyclic) bond motifs is 2. The van der Waals surface area contributed by atoms with Crippen LogP contribution in [0, 0.1) is 6.92 Å². The van der Waals surface area contributed by atoms with Gasteiger partial charge in [0.15, 0.2) is 6.61 Å². The number of carbonyl (C=O) groups is 1. The molecule has 4 aromatic carbocycles. The van der Waals surface area contributed by atoms with Gasteiger partial charge in [0, 0.05) is 5.56 Å². The summed E-state index contributed by atoms with van der Waals surface area (Å²) in [6, 6.07) is 24.2. The smallest absolute Gasteiger partial charge is 0.277 e. The highest BCUT2D eigenvalue weighted by molar-refractivity contribution is 9.10. The molecule has 0 saturated heterocycles. The van der Waals surface area contributed by atoms with Crippen molar-refractivity contribution in [1.29, 1.82) is 0 Å². The third-order valence-corrected chi connectivity index (χ3v) is 5.26. The quantitative estimate of drug-likeness (QED) is 0.246. The molecule has 0 spiro atoms. The van der Waals surface area contributed by atoms with E-state index in [2.05, 4.69) is 56.8 Å². The van der Waals surface area contributed by atoms with Crippen molar-refractivity contribution in [2.45, 2.75) is 6.92 Å². The summed E-state index contributed by atoms with van der Waals surface area (Å²) >= 11 is 3.44. The van der Waals surface area contributed by atoms with Crippen LogP contribution in [0.1, 0.15) is 11.1 Å². The highest BCUT2D eigenvalue weighted by atomic mass is 79.9. The SMILES string of the molecule is Cc1ccc(OCC(=O)NN=Cc2c3ccccc3cc3ccccc23)c(Br)c1. The van der Waals surface area contributed by atoms with Crippen LogP contribution in [0.4, 0.5) is 0 Å². The van der Waals surface area contributed by atoms with Crippen molar-refractivity contribution in [3.63, 3.8) is 0 Å². The van der Waals surface area contributed by atoms with Gasteiger partial charge in [0.1, 0.15) is 5.75 Å². The van der Waals surface area contributed by atoms with E-state index in [-0.39, 0.29) is 12.5 Å². The molecule has 0 aliphatic carbocycles. The first-order valence-electron chi connectivity index (χ1n) is 9.23. The fraction of sp³-hybridized carbons (Fsp3) is 0.0833. The van der Waals surface area contributed by atoms with Gasteiger partial charge in [-0.15, -0.1) is 0 Å². The van der Waals surface area contributed by atoms with Crippen molar-refractivity contribution in [2.24, 2.45) is 5.10 Å². The van der Waals surface area contributed by atoms with Crippen LogP contribution in [-0.4, -0.2) is 18.7 Å². The molecule has 1 N–H and O–H groups in total. The molecule has 0 aliphatic heterocycles. The summed E-state index contributed by atoms with van der Waals surface area (Å²) in [6.07, 6.45) is 1.70. The topological polar surface area (TPSA) is 50.7 Å². The third kappa shape index (κ3) is 4.30. The monoisotopic (exact) mass is 446 g/mol. The molecule has 0 aromatic heterocycles. The number of benzene rings is 4. The van der Waals surface area contributed by atoms with Crippen molar-refractivity contribution in [2.75, 3.05) is 6.61 Å². The zero-order chi connectivity index (χ0) is 20.2. The zero-order valence-electron chi connectivity index (χ0n) is 15.9. The summed E-state index contributed by atoms with van der Waals surface area (Å²) in [5.41, 5.74) is 4.64. The lowest BCUT2D eigenvalue weighted by Crippen LogP contribution is -2.24. The Hall–Kier alpha value is -3.18. The van der Waals surface area contributed by atoms with Crippen molar-refractivity contribution < 1.29 is 9.53 Å². The normalized spacial score (nSPS) is 11.2. The fourth-order valence-electron chi connectivity index (χ4n) is 3.26. The number of nitrogens with zero attached hydrogens (tertiary/aromatic N) is 1. The standard InChI is InChI=1S/C24H19BrN2O2/c1-16-10-11-23(22(25)12-16)29-15-24(28)27-26-14-21-19-8-4-2-6-17(19)13-18-7-3-5-9-20(18)21/h2-14H,15H2,1H3,(H,27,28). The Bertz CT molecular complexity index is 1180. The molecule has 5 heteroatoms. The Morgan fingerprint density at radius 1 is 1.00 bits per heavy atom. The molecular weight excluding hydrogens is 428 g/mol. The Morgan fingerprint density at radius 3 is 2.31 bits per heavy atom. The number of amides is 1.